The van der Waals surface area contributed by atoms with Crippen LogP contribution in [-0.2, 0) is 11.8 Å². The van der Waals surface area contributed by atoms with Gasteiger partial charge in [0.1, 0.15) is 5.56 Å². The van der Waals surface area contributed by atoms with E-state index in [4.69, 9.17) is 0 Å². The zero-order valence-electron chi connectivity index (χ0n) is 16.4. The second-order valence-corrected chi connectivity index (χ2v) is 7.80. The largest absolute Gasteiger partial charge is 0.351 e. The van der Waals surface area contributed by atoms with Gasteiger partial charge in [-0.1, -0.05) is 0 Å². The molecule has 8 nitrogen and oxygen atoms in total. The fourth-order valence-corrected chi connectivity index (χ4v) is 4.05. The quantitative estimate of drug-likeness (QED) is 0.840. The third-order valence-electron chi connectivity index (χ3n) is 5.97. The van der Waals surface area contributed by atoms with E-state index in [1.807, 2.05) is 14.0 Å². The molecule has 2 aliphatic rings. The van der Waals surface area contributed by atoms with Crippen molar-refractivity contribution in [3.05, 3.63) is 51.7 Å². The topological polar surface area (TPSA) is 89.2 Å². The van der Waals surface area contributed by atoms with Crippen molar-refractivity contribution in [3.8, 4) is 0 Å². The van der Waals surface area contributed by atoms with E-state index in [1.165, 1.54) is 0 Å². The minimum Gasteiger partial charge on any atom is -0.351 e. The second kappa shape index (κ2) is 6.92. The Morgan fingerprint density at radius 1 is 1.29 bits per heavy atom. The van der Waals surface area contributed by atoms with Crippen LogP contribution >= 0.6 is 0 Å². The number of hydrogen-bond acceptors (Lipinski definition) is 4. The van der Waals surface area contributed by atoms with E-state index >= 15 is 0 Å². The molecule has 0 bridgehead atoms. The highest BCUT2D eigenvalue weighted by atomic mass is 16.2. The van der Waals surface area contributed by atoms with Gasteiger partial charge in [-0.2, -0.15) is 5.10 Å². The molecule has 1 N–H and O–H groups in total. The molecule has 2 amide bonds. The van der Waals surface area contributed by atoms with E-state index in [0.717, 1.165) is 24.1 Å². The van der Waals surface area contributed by atoms with Gasteiger partial charge in [-0.05, 0) is 31.9 Å². The van der Waals surface area contributed by atoms with Crippen molar-refractivity contribution in [2.75, 3.05) is 13.6 Å². The van der Waals surface area contributed by atoms with E-state index in [0.29, 0.717) is 13.0 Å². The molecule has 1 saturated carbocycles. The fourth-order valence-electron chi connectivity index (χ4n) is 4.05. The van der Waals surface area contributed by atoms with Gasteiger partial charge in [0.25, 0.3) is 11.5 Å². The maximum atomic E-state index is 12.7. The average Bonchev–Trinajstić information content (AvgIpc) is 3.41. The van der Waals surface area contributed by atoms with Gasteiger partial charge >= 0.3 is 0 Å². The van der Waals surface area contributed by atoms with Crippen LogP contribution in [-0.4, -0.2) is 44.7 Å². The van der Waals surface area contributed by atoms with Gasteiger partial charge in [-0.25, -0.2) is 0 Å². The van der Waals surface area contributed by atoms with E-state index < -0.39 is 0 Å². The number of carbonyl (C=O) groups excluding carboxylic acids is 2. The zero-order valence-corrected chi connectivity index (χ0v) is 16.4. The van der Waals surface area contributed by atoms with Crippen LogP contribution in [0.3, 0.4) is 0 Å². The van der Waals surface area contributed by atoms with Crippen LogP contribution < -0.4 is 10.9 Å². The van der Waals surface area contributed by atoms with Crippen molar-refractivity contribution >= 4 is 11.8 Å². The predicted molar refractivity (Wildman–Crippen MR) is 103 cm³/mol. The molecule has 0 radical (unpaired) electrons. The lowest BCUT2D eigenvalue weighted by Gasteiger charge is -2.25. The summed E-state index contributed by atoms with van der Waals surface area (Å²) >= 11 is 0. The lowest BCUT2D eigenvalue weighted by atomic mass is 9.94. The normalized spacial score (nSPS) is 22.0. The summed E-state index contributed by atoms with van der Waals surface area (Å²) < 4.78 is 3.43. The number of aromatic nitrogens is 3. The minimum absolute atomic E-state index is 0.0447. The lowest BCUT2D eigenvalue weighted by molar-refractivity contribution is -0.127. The van der Waals surface area contributed by atoms with Crippen LogP contribution in [0.4, 0.5) is 0 Å². The third-order valence-corrected chi connectivity index (χ3v) is 5.97. The summed E-state index contributed by atoms with van der Waals surface area (Å²) in [5.41, 5.74) is 1.90. The van der Waals surface area contributed by atoms with Crippen molar-refractivity contribution in [3.63, 3.8) is 0 Å². The summed E-state index contributed by atoms with van der Waals surface area (Å²) in [7, 11) is 3.65. The smallest absolute Gasteiger partial charge is 0.263 e. The number of carbonyl (C=O) groups is 2. The first-order valence-electron chi connectivity index (χ1n) is 9.62. The number of nitrogens with zero attached hydrogens (tertiary/aromatic N) is 4. The number of rotatable bonds is 5. The van der Waals surface area contributed by atoms with Crippen LogP contribution in [0.25, 0.3) is 0 Å². The van der Waals surface area contributed by atoms with Gasteiger partial charge in [0.15, 0.2) is 0 Å². The van der Waals surface area contributed by atoms with Gasteiger partial charge in [0.2, 0.25) is 5.91 Å². The van der Waals surface area contributed by atoms with Gasteiger partial charge in [0.05, 0.1) is 12.2 Å². The molecule has 8 heteroatoms. The van der Waals surface area contributed by atoms with Crippen molar-refractivity contribution < 1.29 is 9.59 Å². The van der Waals surface area contributed by atoms with Crippen molar-refractivity contribution in [2.45, 2.75) is 38.3 Å². The number of pyridine rings is 1. The van der Waals surface area contributed by atoms with Crippen molar-refractivity contribution in [1.29, 1.82) is 0 Å². The summed E-state index contributed by atoms with van der Waals surface area (Å²) in [6, 6.07) is 3.38. The summed E-state index contributed by atoms with van der Waals surface area (Å²) in [5, 5.41) is 7.17. The molecule has 28 heavy (non-hydrogen) atoms. The summed E-state index contributed by atoms with van der Waals surface area (Å²) in [6.07, 6.45) is 5.84. The molecule has 0 spiro atoms. The van der Waals surface area contributed by atoms with E-state index in [2.05, 4.69) is 10.4 Å². The van der Waals surface area contributed by atoms with Gasteiger partial charge in [-0.3, -0.25) is 19.1 Å². The van der Waals surface area contributed by atoms with Crippen molar-refractivity contribution in [1.82, 2.24) is 24.6 Å². The Morgan fingerprint density at radius 2 is 2.04 bits per heavy atom. The first-order valence-corrected chi connectivity index (χ1v) is 9.62. The number of hydrogen-bond donors (Lipinski definition) is 1. The molecule has 2 fully saturated rings. The molecular weight excluding hydrogens is 358 g/mol. The van der Waals surface area contributed by atoms with Gasteiger partial charge in [0, 0.05) is 56.5 Å². The summed E-state index contributed by atoms with van der Waals surface area (Å²) in [6.45, 7) is 2.30. The SMILES string of the molecule is Cc1c([C@@H]2[C@@H](CNC(=O)c3cccn(C4CC4)c3=O)CC(=O)N2C)cnn1C. The molecule has 1 aliphatic heterocycles. The van der Waals surface area contributed by atoms with E-state index in [1.54, 1.807) is 45.7 Å². The maximum absolute atomic E-state index is 12.7. The Balaban J connectivity index is 1.51. The highest BCUT2D eigenvalue weighted by Gasteiger charge is 2.40. The molecule has 148 valence electrons. The summed E-state index contributed by atoms with van der Waals surface area (Å²) in [5.74, 6) is -0.411. The number of aryl methyl sites for hydroxylation is 1. The third kappa shape index (κ3) is 3.12. The van der Waals surface area contributed by atoms with Crippen LogP contribution in [0.15, 0.2) is 29.3 Å². The summed E-state index contributed by atoms with van der Waals surface area (Å²) in [4.78, 5) is 39.2. The molecule has 3 heterocycles. The Kier molecular flexibility index (Phi) is 4.56. The zero-order chi connectivity index (χ0) is 20.0. The molecular formula is C20H25N5O3. The lowest BCUT2D eigenvalue weighted by Crippen LogP contribution is -2.36. The highest BCUT2D eigenvalue weighted by Crippen LogP contribution is 2.37. The molecule has 2 aromatic heterocycles. The maximum Gasteiger partial charge on any atom is 0.263 e. The monoisotopic (exact) mass is 383 g/mol. The van der Waals surface area contributed by atoms with E-state index in [9.17, 15) is 14.4 Å². The van der Waals surface area contributed by atoms with Gasteiger partial charge in [-0.15, -0.1) is 0 Å². The van der Waals surface area contributed by atoms with Crippen LogP contribution in [0.2, 0.25) is 0 Å². The van der Waals surface area contributed by atoms with Crippen LogP contribution in [0, 0.1) is 12.8 Å². The van der Waals surface area contributed by atoms with Crippen LogP contribution in [0.5, 0.6) is 0 Å². The molecule has 2 atom stereocenters. The first kappa shape index (κ1) is 18.5. The Labute approximate surface area is 163 Å². The Hall–Kier alpha value is -2.90. The molecule has 0 aromatic carbocycles. The fraction of sp³-hybridized carbons (Fsp3) is 0.500. The minimum atomic E-state index is -0.385. The Morgan fingerprint density at radius 3 is 2.68 bits per heavy atom. The molecule has 1 saturated heterocycles. The van der Waals surface area contributed by atoms with Gasteiger partial charge < -0.3 is 14.8 Å². The highest BCUT2D eigenvalue weighted by molar-refractivity contribution is 5.93. The first-order chi connectivity index (χ1) is 13.4. The second-order valence-electron chi connectivity index (χ2n) is 7.80. The molecule has 0 unspecified atom stereocenters. The average molecular weight is 383 g/mol. The molecule has 4 rings (SSSR count). The standard InChI is InChI=1S/C20H25N5O3/c1-12-16(11-22-24(12)3)18-13(9-17(26)23(18)2)10-21-19(27)15-5-4-8-25(20(15)28)14-6-7-14/h4-5,8,11,13-14,18H,6-7,9-10H2,1-3H3,(H,21,27)/t13-,18+/m1/s1. The number of amides is 2. The van der Waals surface area contributed by atoms with Crippen molar-refractivity contribution in [2.24, 2.45) is 13.0 Å². The molecule has 1 aliphatic carbocycles. The number of nitrogens with one attached hydrogen (secondary N) is 1. The molecule has 2 aromatic rings. The Bertz CT molecular complexity index is 988. The van der Waals surface area contributed by atoms with E-state index in [-0.39, 0.29) is 40.9 Å². The predicted octanol–water partition coefficient (Wildman–Crippen LogP) is 1.17. The van der Waals surface area contributed by atoms with Crippen LogP contribution in [0.1, 0.15) is 53.0 Å². The number of likely N-dealkylation sites (tertiary alicyclic amines) is 1.